The molecule has 0 fully saturated rings. The number of nitrogens with zero attached hydrogens (tertiary/aromatic N) is 3. The summed E-state index contributed by atoms with van der Waals surface area (Å²) >= 11 is 1.15. The van der Waals surface area contributed by atoms with Crippen molar-refractivity contribution in [3.8, 4) is 5.75 Å². The molecule has 0 aliphatic heterocycles. The van der Waals surface area contributed by atoms with E-state index >= 15 is 0 Å². The molecular formula is C17H17N3O3S. The molecule has 0 bridgehead atoms. The van der Waals surface area contributed by atoms with E-state index in [1.807, 2.05) is 24.3 Å². The van der Waals surface area contributed by atoms with Crippen LogP contribution in [0.4, 0.5) is 0 Å². The SMILES string of the molecule is CCCCOc1ccc(C=c2sc3nc(=O)c(C)nn3c2=O)cc1. The molecule has 0 radical (unpaired) electrons. The van der Waals surface area contributed by atoms with Crippen molar-refractivity contribution in [3.63, 3.8) is 0 Å². The molecule has 124 valence electrons. The van der Waals surface area contributed by atoms with Gasteiger partial charge in [0.25, 0.3) is 11.1 Å². The summed E-state index contributed by atoms with van der Waals surface area (Å²) < 4.78 is 7.28. The van der Waals surface area contributed by atoms with Crippen molar-refractivity contribution in [1.82, 2.24) is 14.6 Å². The maximum absolute atomic E-state index is 12.4. The van der Waals surface area contributed by atoms with Crippen molar-refractivity contribution in [1.29, 1.82) is 0 Å². The summed E-state index contributed by atoms with van der Waals surface area (Å²) in [5.41, 5.74) is 0.411. The maximum Gasteiger partial charge on any atom is 0.295 e. The van der Waals surface area contributed by atoms with Crippen molar-refractivity contribution in [3.05, 3.63) is 60.8 Å². The molecule has 6 nitrogen and oxygen atoms in total. The largest absolute Gasteiger partial charge is 0.494 e. The van der Waals surface area contributed by atoms with Crippen molar-refractivity contribution < 1.29 is 4.74 Å². The van der Waals surface area contributed by atoms with Crippen LogP contribution < -0.4 is 20.4 Å². The highest BCUT2D eigenvalue weighted by atomic mass is 32.1. The summed E-state index contributed by atoms with van der Waals surface area (Å²) in [5.74, 6) is 0.809. The second-order valence-corrected chi connectivity index (χ2v) is 6.39. The molecule has 3 rings (SSSR count). The third kappa shape index (κ3) is 3.35. The Balaban J connectivity index is 1.94. The number of thiazole rings is 1. The number of unbranched alkanes of at least 4 members (excludes halogenated alkanes) is 1. The molecule has 2 heterocycles. The number of hydrogen-bond acceptors (Lipinski definition) is 6. The van der Waals surface area contributed by atoms with E-state index in [0.29, 0.717) is 16.1 Å². The van der Waals surface area contributed by atoms with Crippen LogP contribution in [-0.4, -0.2) is 21.2 Å². The van der Waals surface area contributed by atoms with Gasteiger partial charge in [0, 0.05) is 0 Å². The van der Waals surface area contributed by atoms with Gasteiger partial charge in [0.2, 0.25) is 4.96 Å². The highest BCUT2D eigenvalue weighted by molar-refractivity contribution is 7.15. The summed E-state index contributed by atoms with van der Waals surface area (Å²) in [6.45, 7) is 4.36. The Labute approximate surface area is 142 Å². The maximum atomic E-state index is 12.4. The lowest BCUT2D eigenvalue weighted by Gasteiger charge is -2.04. The van der Waals surface area contributed by atoms with Gasteiger partial charge in [-0.3, -0.25) is 9.59 Å². The average molecular weight is 343 g/mol. The van der Waals surface area contributed by atoms with E-state index in [1.165, 1.54) is 4.52 Å². The van der Waals surface area contributed by atoms with E-state index in [-0.39, 0.29) is 11.3 Å². The molecule has 0 spiro atoms. The fraction of sp³-hybridized carbons (Fsp3) is 0.294. The summed E-state index contributed by atoms with van der Waals surface area (Å²) in [6.07, 6.45) is 3.88. The van der Waals surface area contributed by atoms with E-state index in [2.05, 4.69) is 17.0 Å². The molecule has 0 saturated heterocycles. The van der Waals surface area contributed by atoms with Crippen LogP contribution in [0.15, 0.2) is 33.9 Å². The van der Waals surface area contributed by atoms with Crippen LogP contribution in [0.2, 0.25) is 0 Å². The zero-order valence-corrected chi connectivity index (χ0v) is 14.3. The van der Waals surface area contributed by atoms with Crippen LogP contribution in [0.25, 0.3) is 11.0 Å². The molecule has 0 unspecified atom stereocenters. The fourth-order valence-electron chi connectivity index (χ4n) is 2.13. The van der Waals surface area contributed by atoms with E-state index in [9.17, 15) is 9.59 Å². The van der Waals surface area contributed by atoms with Crippen molar-refractivity contribution in [2.24, 2.45) is 0 Å². The van der Waals surface area contributed by atoms with Gasteiger partial charge in [-0.2, -0.15) is 14.6 Å². The molecule has 1 aromatic carbocycles. The van der Waals surface area contributed by atoms with Crippen molar-refractivity contribution >= 4 is 22.4 Å². The molecule has 0 atom stereocenters. The van der Waals surface area contributed by atoms with E-state index in [1.54, 1.807) is 13.0 Å². The Morgan fingerprint density at radius 2 is 2.00 bits per heavy atom. The van der Waals surface area contributed by atoms with Gasteiger partial charge in [-0.1, -0.05) is 36.8 Å². The number of hydrogen-bond donors (Lipinski definition) is 0. The number of fused-ring (bicyclic) bond motifs is 1. The minimum absolute atomic E-state index is 0.211. The van der Waals surface area contributed by atoms with Gasteiger partial charge in [-0.15, -0.1) is 0 Å². The monoisotopic (exact) mass is 343 g/mol. The minimum Gasteiger partial charge on any atom is -0.494 e. The number of aromatic nitrogens is 3. The van der Waals surface area contributed by atoms with Crippen molar-refractivity contribution in [2.45, 2.75) is 26.7 Å². The third-order valence-corrected chi connectivity index (χ3v) is 4.45. The molecule has 0 amide bonds. The predicted octanol–water partition coefficient (Wildman–Crippen LogP) is 1.55. The Morgan fingerprint density at radius 1 is 1.25 bits per heavy atom. The Hall–Kier alpha value is -2.54. The van der Waals surface area contributed by atoms with Crippen LogP contribution in [0.5, 0.6) is 5.75 Å². The second kappa shape index (κ2) is 6.92. The molecule has 0 aliphatic rings. The quantitative estimate of drug-likeness (QED) is 0.657. The minimum atomic E-state index is -0.406. The summed E-state index contributed by atoms with van der Waals surface area (Å²) in [4.78, 5) is 28.1. The van der Waals surface area contributed by atoms with Gasteiger partial charge in [0.05, 0.1) is 11.1 Å². The van der Waals surface area contributed by atoms with Gasteiger partial charge in [-0.25, -0.2) is 0 Å². The smallest absolute Gasteiger partial charge is 0.295 e. The second-order valence-electron chi connectivity index (χ2n) is 5.38. The molecule has 0 N–H and O–H groups in total. The lowest BCUT2D eigenvalue weighted by molar-refractivity contribution is 0.309. The highest BCUT2D eigenvalue weighted by Gasteiger charge is 2.08. The molecule has 3 aromatic rings. The number of benzene rings is 1. The zero-order valence-electron chi connectivity index (χ0n) is 13.5. The average Bonchev–Trinajstić information content (AvgIpc) is 2.86. The molecule has 0 aliphatic carbocycles. The van der Waals surface area contributed by atoms with E-state index < -0.39 is 5.56 Å². The Morgan fingerprint density at radius 3 is 2.71 bits per heavy atom. The Kier molecular flexibility index (Phi) is 4.71. The first-order valence-corrected chi connectivity index (χ1v) is 8.55. The number of aryl methyl sites for hydroxylation is 1. The first-order chi connectivity index (χ1) is 11.6. The van der Waals surface area contributed by atoms with Gasteiger partial charge in [0.1, 0.15) is 11.4 Å². The highest BCUT2D eigenvalue weighted by Crippen LogP contribution is 2.13. The molecule has 24 heavy (non-hydrogen) atoms. The van der Waals surface area contributed by atoms with Crippen molar-refractivity contribution in [2.75, 3.05) is 6.61 Å². The predicted molar refractivity (Wildman–Crippen MR) is 93.8 cm³/mol. The normalized spacial score (nSPS) is 12.0. The first kappa shape index (κ1) is 16.3. The van der Waals surface area contributed by atoms with Crippen LogP contribution >= 0.6 is 11.3 Å². The fourth-order valence-corrected chi connectivity index (χ4v) is 3.04. The Bertz CT molecular complexity index is 1020. The van der Waals surface area contributed by atoms with E-state index in [0.717, 1.165) is 35.5 Å². The van der Waals surface area contributed by atoms with Crippen LogP contribution in [-0.2, 0) is 0 Å². The molecule has 2 aromatic heterocycles. The van der Waals surface area contributed by atoms with E-state index in [4.69, 9.17) is 4.74 Å². The summed E-state index contributed by atoms with van der Waals surface area (Å²) in [6, 6.07) is 7.54. The van der Waals surface area contributed by atoms with Crippen LogP contribution in [0.3, 0.4) is 0 Å². The van der Waals surface area contributed by atoms with Gasteiger partial charge >= 0.3 is 0 Å². The summed E-state index contributed by atoms with van der Waals surface area (Å²) in [5, 5.41) is 3.99. The van der Waals surface area contributed by atoms with Gasteiger partial charge in [-0.05, 0) is 37.1 Å². The molecule has 7 heteroatoms. The first-order valence-electron chi connectivity index (χ1n) is 7.73. The van der Waals surface area contributed by atoms with Crippen LogP contribution in [0, 0.1) is 6.92 Å². The number of rotatable bonds is 5. The number of ether oxygens (including phenoxy) is 1. The van der Waals surface area contributed by atoms with Crippen LogP contribution in [0.1, 0.15) is 31.0 Å². The lowest BCUT2D eigenvalue weighted by atomic mass is 10.2. The van der Waals surface area contributed by atoms with Gasteiger partial charge in [0.15, 0.2) is 0 Å². The standard InChI is InChI=1S/C17H17N3O3S/c1-3-4-9-23-13-7-5-12(6-8-13)10-14-16(22)20-17(24-14)18-15(21)11(2)19-20/h5-8,10H,3-4,9H2,1-2H3. The molecular weight excluding hydrogens is 326 g/mol. The third-order valence-electron chi connectivity index (χ3n) is 3.49. The topological polar surface area (TPSA) is 73.6 Å². The molecule has 0 saturated carbocycles. The lowest BCUT2D eigenvalue weighted by Crippen LogP contribution is -2.27. The summed E-state index contributed by atoms with van der Waals surface area (Å²) in [7, 11) is 0. The van der Waals surface area contributed by atoms with Gasteiger partial charge < -0.3 is 4.74 Å². The zero-order chi connectivity index (χ0) is 17.1.